The number of halogens is 1. The van der Waals surface area contributed by atoms with Gasteiger partial charge in [0.15, 0.2) is 5.76 Å². The molecule has 25 heavy (non-hydrogen) atoms. The minimum Gasteiger partial charge on any atom is -0.481 e. The first kappa shape index (κ1) is 16.8. The van der Waals surface area contributed by atoms with Gasteiger partial charge in [0, 0.05) is 16.3 Å². The molecule has 0 unspecified atom stereocenters. The van der Waals surface area contributed by atoms with E-state index >= 15 is 0 Å². The number of anilines is 1. The molecule has 1 aromatic heterocycles. The van der Waals surface area contributed by atoms with Crippen molar-refractivity contribution >= 4 is 29.2 Å². The molecule has 1 heterocycles. The van der Waals surface area contributed by atoms with E-state index < -0.39 is 11.9 Å². The monoisotopic (exact) mass is 355 g/mol. The van der Waals surface area contributed by atoms with Gasteiger partial charge in [0.25, 0.3) is 5.91 Å². The van der Waals surface area contributed by atoms with Crippen LogP contribution in [0.4, 0.5) is 5.69 Å². The van der Waals surface area contributed by atoms with Gasteiger partial charge >= 0.3 is 5.97 Å². The highest BCUT2D eigenvalue weighted by atomic mass is 35.5. The summed E-state index contributed by atoms with van der Waals surface area (Å²) in [5, 5.41) is 12.2. The standard InChI is InChI=1S/C19H14ClNO4/c20-14-6-4-13(5-7-14)16-8-9-17(25-16)19(24)21-15-3-1-2-12(10-15)11-18(22)23/h1-10H,11H2,(H,21,24)(H,22,23). The van der Waals surface area contributed by atoms with Crippen molar-refractivity contribution in [1.29, 1.82) is 0 Å². The first-order chi connectivity index (χ1) is 12.0. The van der Waals surface area contributed by atoms with E-state index in [0.717, 1.165) is 5.56 Å². The van der Waals surface area contributed by atoms with Gasteiger partial charge < -0.3 is 14.8 Å². The molecule has 3 aromatic rings. The molecule has 126 valence electrons. The van der Waals surface area contributed by atoms with Crippen LogP contribution in [0.5, 0.6) is 0 Å². The lowest BCUT2D eigenvalue weighted by atomic mass is 10.1. The third kappa shape index (κ3) is 4.28. The van der Waals surface area contributed by atoms with Gasteiger partial charge in [-0.25, -0.2) is 0 Å². The Hall–Kier alpha value is -3.05. The summed E-state index contributed by atoms with van der Waals surface area (Å²) < 4.78 is 5.59. The number of furan rings is 1. The molecular formula is C19H14ClNO4. The Kier molecular flexibility index (Phi) is 4.86. The van der Waals surface area contributed by atoms with Crippen molar-refractivity contribution in [3.05, 3.63) is 77.0 Å². The maximum Gasteiger partial charge on any atom is 0.307 e. The normalized spacial score (nSPS) is 10.4. The van der Waals surface area contributed by atoms with Crippen molar-refractivity contribution in [2.45, 2.75) is 6.42 Å². The lowest BCUT2D eigenvalue weighted by molar-refractivity contribution is -0.136. The second-order valence-electron chi connectivity index (χ2n) is 5.40. The molecule has 0 atom stereocenters. The highest BCUT2D eigenvalue weighted by molar-refractivity contribution is 6.30. The highest BCUT2D eigenvalue weighted by Gasteiger charge is 2.13. The van der Waals surface area contributed by atoms with Gasteiger partial charge in [-0.1, -0.05) is 23.7 Å². The summed E-state index contributed by atoms with van der Waals surface area (Å²) >= 11 is 5.86. The third-order valence-electron chi connectivity index (χ3n) is 3.50. The number of hydrogen-bond donors (Lipinski definition) is 2. The van der Waals surface area contributed by atoms with Crippen LogP contribution in [0.15, 0.2) is 65.1 Å². The fourth-order valence-corrected chi connectivity index (χ4v) is 2.48. The zero-order valence-corrected chi connectivity index (χ0v) is 13.8. The number of carbonyl (C=O) groups is 2. The van der Waals surface area contributed by atoms with E-state index in [-0.39, 0.29) is 12.2 Å². The zero-order chi connectivity index (χ0) is 17.8. The molecule has 1 amide bonds. The van der Waals surface area contributed by atoms with Crippen LogP contribution in [0, 0.1) is 0 Å². The molecule has 2 N–H and O–H groups in total. The Bertz CT molecular complexity index is 915. The van der Waals surface area contributed by atoms with E-state index in [1.165, 1.54) is 0 Å². The second-order valence-corrected chi connectivity index (χ2v) is 5.83. The molecule has 5 nitrogen and oxygen atoms in total. The summed E-state index contributed by atoms with van der Waals surface area (Å²) in [6, 6.07) is 17.1. The van der Waals surface area contributed by atoms with Crippen LogP contribution in [0.25, 0.3) is 11.3 Å². The molecule has 0 saturated heterocycles. The number of amides is 1. The van der Waals surface area contributed by atoms with Gasteiger partial charge in [-0.3, -0.25) is 9.59 Å². The zero-order valence-electron chi connectivity index (χ0n) is 13.0. The van der Waals surface area contributed by atoms with Crippen LogP contribution in [-0.4, -0.2) is 17.0 Å². The molecule has 3 rings (SSSR count). The SMILES string of the molecule is O=C(O)Cc1cccc(NC(=O)c2ccc(-c3ccc(Cl)cc3)o2)c1. The summed E-state index contributed by atoms with van der Waals surface area (Å²) in [5.74, 6) is -0.621. The van der Waals surface area contributed by atoms with Crippen molar-refractivity contribution in [1.82, 2.24) is 0 Å². The predicted octanol–water partition coefficient (Wildman–Crippen LogP) is 4.48. The number of carboxylic acid groups (broad SMARTS) is 1. The van der Waals surface area contributed by atoms with Gasteiger partial charge in [0.05, 0.1) is 6.42 Å². The Morgan fingerprint density at radius 3 is 2.52 bits per heavy atom. The maximum atomic E-state index is 12.3. The summed E-state index contributed by atoms with van der Waals surface area (Å²) in [6.07, 6.45) is -0.106. The van der Waals surface area contributed by atoms with Crippen LogP contribution < -0.4 is 5.32 Å². The number of carbonyl (C=O) groups excluding carboxylic acids is 1. The molecular weight excluding hydrogens is 342 g/mol. The Labute approximate surface area is 148 Å². The molecule has 0 saturated carbocycles. The van der Waals surface area contributed by atoms with Crippen LogP contribution in [0.2, 0.25) is 5.02 Å². The first-order valence-corrected chi connectivity index (χ1v) is 7.87. The number of rotatable bonds is 5. The van der Waals surface area contributed by atoms with Crippen molar-refractivity contribution < 1.29 is 19.1 Å². The van der Waals surface area contributed by atoms with Crippen LogP contribution in [0.1, 0.15) is 16.1 Å². The van der Waals surface area contributed by atoms with Gasteiger partial charge in [-0.15, -0.1) is 0 Å². The average molecular weight is 356 g/mol. The summed E-state index contributed by atoms with van der Waals surface area (Å²) in [7, 11) is 0. The average Bonchev–Trinajstić information content (AvgIpc) is 3.05. The molecule has 0 aliphatic heterocycles. The Morgan fingerprint density at radius 2 is 1.80 bits per heavy atom. The third-order valence-corrected chi connectivity index (χ3v) is 3.75. The molecule has 2 aromatic carbocycles. The summed E-state index contributed by atoms with van der Waals surface area (Å²) in [6.45, 7) is 0. The fourth-order valence-electron chi connectivity index (χ4n) is 2.36. The molecule has 0 aliphatic carbocycles. The Balaban J connectivity index is 1.74. The topological polar surface area (TPSA) is 79.5 Å². The van der Waals surface area contributed by atoms with E-state index in [2.05, 4.69) is 5.32 Å². The molecule has 0 fully saturated rings. The molecule has 6 heteroatoms. The maximum absolute atomic E-state index is 12.3. The number of aliphatic carboxylic acids is 1. The fraction of sp³-hybridized carbons (Fsp3) is 0.0526. The van der Waals surface area contributed by atoms with E-state index in [0.29, 0.717) is 22.0 Å². The lowest BCUT2D eigenvalue weighted by Crippen LogP contribution is -2.11. The lowest BCUT2D eigenvalue weighted by Gasteiger charge is -2.05. The number of hydrogen-bond acceptors (Lipinski definition) is 3. The van der Waals surface area contributed by atoms with E-state index in [1.807, 2.05) is 0 Å². The van der Waals surface area contributed by atoms with Crippen molar-refractivity contribution in [2.24, 2.45) is 0 Å². The van der Waals surface area contributed by atoms with Gasteiger partial charge in [0.2, 0.25) is 0 Å². The van der Waals surface area contributed by atoms with Crippen LogP contribution in [0.3, 0.4) is 0 Å². The highest BCUT2D eigenvalue weighted by Crippen LogP contribution is 2.24. The minimum absolute atomic E-state index is 0.106. The summed E-state index contributed by atoms with van der Waals surface area (Å²) in [4.78, 5) is 23.1. The van der Waals surface area contributed by atoms with E-state index in [9.17, 15) is 9.59 Å². The molecule has 0 radical (unpaired) electrons. The smallest absolute Gasteiger partial charge is 0.307 e. The largest absolute Gasteiger partial charge is 0.481 e. The molecule has 0 aliphatic rings. The molecule has 0 spiro atoms. The van der Waals surface area contributed by atoms with Crippen molar-refractivity contribution in [3.63, 3.8) is 0 Å². The number of nitrogens with one attached hydrogen (secondary N) is 1. The van der Waals surface area contributed by atoms with Crippen LogP contribution in [-0.2, 0) is 11.2 Å². The Morgan fingerprint density at radius 1 is 1.04 bits per heavy atom. The summed E-state index contributed by atoms with van der Waals surface area (Å²) in [5.41, 5.74) is 1.92. The first-order valence-electron chi connectivity index (χ1n) is 7.49. The predicted molar refractivity (Wildman–Crippen MR) is 94.9 cm³/mol. The molecule has 0 bridgehead atoms. The quantitative estimate of drug-likeness (QED) is 0.707. The van der Waals surface area contributed by atoms with Gasteiger partial charge in [-0.05, 0) is 54.1 Å². The van der Waals surface area contributed by atoms with Crippen molar-refractivity contribution in [3.8, 4) is 11.3 Å². The van der Waals surface area contributed by atoms with E-state index in [1.54, 1.807) is 60.7 Å². The van der Waals surface area contributed by atoms with Crippen molar-refractivity contribution in [2.75, 3.05) is 5.32 Å². The number of carboxylic acids is 1. The second kappa shape index (κ2) is 7.23. The number of benzene rings is 2. The van der Waals surface area contributed by atoms with Gasteiger partial charge in [0.1, 0.15) is 5.76 Å². The minimum atomic E-state index is -0.929. The van der Waals surface area contributed by atoms with Gasteiger partial charge in [-0.2, -0.15) is 0 Å². The van der Waals surface area contributed by atoms with Crippen LogP contribution >= 0.6 is 11.6 Å². The van der Waals surface area contributed by atoms with E-state index in [4.69, 9.17) is 21.1 Å².